The Morgan fingerprint density at radius 1 is 0.861 bits per heavy atom. The van der Waals surface area contributed by atoms with E-state index in [9.17, 15) is 4.79 Å². The second-order valence-corrected chi connectivity index (χ2v) is 7.61. The van der Waals surface area contributed by atoms with Crippen LogP contribution in [0.4, 0.5) is 5.82 Å². The molecule has 1 aromatic heterocycles. The van der Waals surface area contributed by atoms with Crippen molar-refractivity contribution in [1.82, 2.24) is 9.97 Å². The number of methoxy groups -OCH3 is 5. The molecule has 0 saturated heterocycles. The quantitative estimate of drug-likeness (QED) is 0.361. The summed E-state index contributed by atoms with van der Waals surface area (Å²) in [4.78, 5) is 23.7. The minimum atomic E-state index is -0.511. The molecule has 0 saturated carbocycles. The number of nitrogens with zero attached hydrogens (tertiary/aromatic N) is 3. The van der Waals surface area contributed by atoms with Crippen LogP contribution in [-0.4, -0.2) is 65.1 Å². The fraction of sp³-hybridized carbons (Fsp3) is 0.346. The molecule has 0 bridgehead atoms. The third-order valence-corrected chi connectivity index (χ3v) is 5.41. The van der Waals surface area contributed by atoms with Crippen LogP contribution in [0.1, 0.15) is 22.8 Å². The second-order valence-electron chi connectivity index (χ2n) is 7.61. The van der Waals surface area contributed by atoms with Crippen LogP contribution in [0.3, 0.4) is 0 Å². The third-order valence-electron chi connectivity index (χ3n) is 5.41. The molecule has 1 heterocycles. The smallest absolute Gasteiger partial charge is 0.343 e. The number of hydrogen-bond donors (Lipinski definition) is 0. The van der Waals surface area contributed by atoms with E-state index in [0.29, 0.717) is 52.5 Å². The molecule has 0 amide bonds. The lowest BCUT2D eigenvalue weighted by molar-refractivity contribution is 0.0526. The molecule has 10 nitrogen and oxygen atoms in total. The topological polar surface area (TPSA) is 101 Å². The second kappa shape index (κ2) is 12.0. The molecule has 0 fully saturated rings. The van der Waals surface area contributed by atoms with Crippen LogP contribution in [0.15, 0.2) is 36.5 Å². The first-order valence-corrected chi connectivity index (χ1v) is 11.2. The van der Waals surface area contributed by atoms with E-state index in [4.69, 9.17) is 33.4 Å². The molecular formula is C26H31N3O7. The first kappa shape index (κ1) is 26.4. The molecule has 2 aromatic carbocycles. The lowest BCUT2D eigenvalue weighted by atomic mass is 10.1. The van der Waals surface area contributed by atoms with Gasteiger partial charge in [-0.15, -0.1) is 0 Å². The summed E-state index contributed by atoms with van der Waals surface area (Å²) in [6.45, 7) is 2.36. The Balaban J connectivity index is 2.06. The van der Waals surface area contributed by atoms with Crippen molar-refractivity contribution in [1.29, 1.82) is 0 Å². The van der Waals surface area contributed by atoms with Crippen LogP contribution in [0, 0.1) is 0 Å². The largest absolute Gasteiger partial charge is 0.493 e. The molecule has 192 valence electrons. The van der Waals surface area contributed by atoms with E-state index in [1.54, 1.807) is 54.6 Å². The predicted molar refractivity (Wildman–Crippen MR) is 135 cm³/mol. The number of anilines is 1. The van der Waals surface area contributed by atoms with Gasteiger partial charge in [0.15, 0.2) is 28.8 Å². The lowest BCUT2D eigenvalue weighted by Gasteiger charge is -2.22. The molecule has 10 heteroatoms. The van der Waals surface area contributed by atoms with E-state index in [2.05, 4.69) is 4.98 Å². The van der Waals surface area contributed by atoms with Gasteiger partial charge in [0, 0.05) is 25.4 Å². The summed E-state index contributed by atoms with van der Waals surface area (Å²) in [6, 6.07) is 9.07. The highest BCUT2D eigenvalue weighted by Crippen LogP contribution is 2.39. The zero-order valence-electron chi connectivity index (χ0n) is 21.6. The highest BCUT2D eigenvalue weighted by Gasteiger charge is 2.22. The maximum atomic E-state index is 12.7. The van der Waals surface area contributed by atoms with Gasteiger partial charge in [-0.05, 0) is 42.8 Å². The van der Waals surface area contributed by atoms with E-state index in [0.717, 1.165) is 5.56 Å². The number of carbonyl (C=O) groups is 1. The number of benzene rings is 2. The molecule has 0 N–H and O–H groups in total. The molecule has 3 rings (SSSR count). The fourth-order valence-electron chi connectivity index (χ4n) is 3.71. The van der Waals surface area contributed by atoms with Crippen LogP contribution < -0.4 is 28.6 Å². The van der Waals surface area contributed by atoms with E-state index in [1.807, 2.05) is 30.1 Å². The van der Waals surface area contributed by atoms with Crippen LogP contribution in [0.5, 0.6) is 28.7 Å². The minimum Gasteiger partial charge on any atom is -0.493 e. The number of carbonyl (C=O) groups excluding carboxylic acids is 1. The normalized spacial score (nSPS) is 10.4. The van der Waals surface area contributed by atoms with Crippen LogP contribution in [0.25, 0.3) is 11.4 Å². The minimum absolute atomic E-state index is 0.228. The SMILES string of the molecule is CCOC(=O)c1cnc(-c2ccc(OC)c(OC)c2)nc1N(C)Cc1cc(OC)c(OC)c(OC)c1. The van der Waals surface area contributed by atoms with Gasteiger partial charge >= 0.3 is 5.97 Å². The first-order valence-electron chi connectivity index (χ1n) is 11.2. The zero-order valence-corrected chi connectivity index (χ0v) is 21.6. The summed E-state index contributed by atoms with van der Waals surface area (Å²) >= 11 is 0. The van der Waals surface area contributed by atoms with Crippen LogP contribution in [-0.2, 0) is 11.3 Å². The summed E-state index contributed by atoms with van der Waals surface area (Å²) in [5.41, 5.74) is 1.80. The first-order chi connectivity index (χ1) is 17.4. The summed E-state index contributed by atoms with van der Waals surface area (Å²) in [7, 11) is 9.62. The summed E-state index contributed by atoms with van der Waals surface area (Å²) < 4.78 is 32.3. The average Bonchev–Trinajstić information content (AvgIpc) is 2.91. The zero-order chi connectivity index (χ0) is 26.2. The molecule has 0 aliphatic rings. The average molecular weight is 498 g/mol. The Bertz CT molecular complexity index is 1190. The van der Waals surface area contributed by atoms with Crippen molar-refractivity contribution in [3.8, 4) is 40.1 Å². The molecule has 0 atom stereocenters. The van der Waals surface area contributed by atoms with Gasteiger partial charge in [0.25, 0.3) is 0 Å². The number of ether oxygens (including phenoxy) is 6. The Morgan fingerprint density at radius 2 is 1.50 bits per heavy atom. The van der Waals surface area contributed by atoms with Gasteiger partial charge in [-0.25, -0.2) is 14.8 Å². The maximum absolute atomic E-state index is 12.7. The molecule has 0 aliphatic heterocycles. The van der Waals surface area contributed by atoms with Gasteiger partial charge in [-0.3, -0.25) is 0 Å². The van der Waals surface area contributed by atoms with Gasteiger partial charge in [-0.2, -0.15) is 0 Å². The predicted octanol–water partition coefficient (Wildman–Crippen LogP) is 4.00. The number of rotatable bonds is 11. The monoisotopic (exact) mass is 497 g/mol. The van der Waals surface area contributed by atoms with Crippen molar-refractivity contribution >= 4 is 11.8 Å². The van der Waals surface area contributed by atoms with Crippen molar-refractivity contribution in [2.24, 2.45) is 0 Å². The van der Waals surface area contributed by atoms with Crippen LogP contribution in [0.2, 0.25) is 0 Å². The molecule has 3 aromatic rings. The molecule has 0 unspecified atom stereocenters. The van der Waals surface area contributed by atoms with Gasteiger partial charge in [0.2, 0.25) is 5.75 Å². The van der Waals surface area contributed by atoms with Gasteiger partial charge in [0.05, 0.1) is 42.2 Å². The Hall–Kier alpha value is -4.21. The summed E-state index contributed by atoms with van der Waals surface area (Å²) in [5, 5.41) is 0. The number of hydrogen-bond acceptors (Lipinski definition) is 10. The molecule has 0 spiro atoms. The van der Waals surface area contributed by atoms with E-state index < -0.39 is 5.97 Å². The number of aromatic nitrogens is 2. The Kier molecular flexibility index (Phi) is 8.77. The third kappa shape index (κ3) is 5.54. The summed E-state index contributed by atoms with van der Waals surface area (Å²) in [6.07, 6.45) is 1.47. The molecule has 36 heavy (non-hydrogen) atoms. The van der Waals surface area contributed by atoms with Crippen molar-refractivity contribution < 1.29 is 33.2 Å². The molecule has 0 aliphatic carbocycles. The standard InChI is InChI=1S/C26H31N3O7/c1-8-36-26(30)18-14-27-24(17-9-10-19(31-3)20(13-17)32-4)28-25(18)29(2)15-16-11-21(33-5)23(35-7)22(12-16)34-6/h9-14H,8,15H2,1-7H3. The maximum Gasteiger partial charge on any atom is 0.343 e. The Morgan fingerprint density at radius 3 is 2.06 bits per heavy atom. The van der Waals surface area contributed by atoms with Crippen molar-refractivity contribution in [3.05, 3.63) is 47.7 Å². The van der Waals surface area contributed by atoms with E-state index >= 15 is 0 Å². The van der Waals surface area contributed by atoms with Crippen molar-refractivity contribution in [2.75, 3.05) is 54.1 Å². The van der Waals surface area contributed by atoms with Crippen molar-refractivity contribution in [2.45, 2.75) is 13.5 Å². The van der Waals surface area contributed by atoms with Gasteiger partial charge < -0.3 is 33.3 Å². The van der Waals surface area contributed by atoms with Gasteiger partial charge in [0.1, 0.15) is 11.4 Å². The van der Waals surface area contributed by atoms with Gasteiger partial charge in [-0.1, -0.05) is 0 Å². The number of esters is 1. The van der Waals surface area contributed by atoms with E-state index in [-0.39, 0.29) is 12.2 Å². The molecule has 0 radical (unpaired) electrons. The van der Waals surface area contributed by atoms with Crippen molar-refractivity contribution in [3.63, 3.8) is 0 Å². The highest BCUT2D eigenvalue weighted by atomic mass is 16.5. The lowest BCUT2D eigenvalue weighted by Crippen LogP contribution is -2.22. The van der Waals surface area contributed by atoms with Crippen LogP contribution >= 0.6 is 0 Å². The highest BCUT2D eigenvalue weighted by molar-refractivity contribution is 5.94. The Labute approximate surface area is 210 Å². The fourth-order valence-corrected chi connectivity index (χ4v) is 3.71. The molecular weight excluding hydrogens is 466 g/mol. The van der Waals surface area contributed by atoms with E-state index in [1.165, 1.54) is 6.20 Å². The summed E-state index contributed by atoms with van der Waals surface area (Å²) in [5.74, 6) is 2.99.